The molecule has 0 aliphatic carbocycles. The molecular weight excluding hydrogens is 318 g/mol. The summed E-state index contributed by atoms with van der Waals surface area (Å²) in [6.07, 6.45) is 3.51. The Balaban J connectivity index is 2.09. The van der Waals surface area contributed by atoms with Crippen LogP contribution in [-0.2, 0) is 26.6 Å². The monoisotopic (exact) mass is 337 g/mol. The highest BCUT2D eigenvalue weighted by Gasteiger charge is 2.30. The van der Waals surface area contributed by atoms with Crippen molar-refractivity contribution in [2.24, 2.45) is 0 Å². The maximum Gasteiger partial charge on any atom is 0.261 e. The Labute approximate surface area is 124 Å². The van der Waals surface area contributed by atoms with E-state index in [0.29, 0.717) is 25.9 Å². The molecule has 9 nitrogen and oxygen atoms in total. The van der Waals surface area contributed by atoms with Gasteiger partial charge >= 0.3 is 0 Å². The quantitative estimate of drug-likeness (QED) is 0.737. The van der Waals surface area contributed by atoms with Crippen molar-refractivity contribution in [3.05, 3.63) is 6.20 Å². The lowest BCUT2D eigenvalue weighted by atomic mass is 10.1. The van der Waals surface area contributed by atoms with Gasteiger partial charge in [-0.1, -0.05) is 0 Å². The molecule has 1 aliphatic rings. The molecule has 0 aromatic carbocycles. The van der Waals surface area contributed by atoms with Crippen molar-refractivity contribution in [3.63, 3.8) is 0 Å². The molecule has 120 valence electrons. The smallest absolute Gasteiger partial charge is 0.213 e. The minimum Gasteiger partial charge on any atom is -0.213 e. The van der Waals surface area contributed by atoms with E-state index in [1.165, 1.54) is 15.3 Å². The molecule has 2 heterocycles. The molecular formula is C10H19N5O4S2. The molecule has 0 radical (unpaired) electrons. The maximum atomic E-state index is 12.2. The first-order chi connectivity index (χ1) is 9.72. The van der Waals surface area contributed by atoms with Crippen molar-refractivity contribution in [2.75, 3.05) is 19.3 Å². The van der Waals surface area contributed by atoms with Crippen LogP contribution in [0.2, 0.25) is 0 Å². The zero-order valence-corrected chi connectivity index (χ0v) is 13.6. The van der Waals surface area contributed by atoms with Crippen LogP contribution in [0.15, 0.2) is 11.2 Å². The van der Waals surface area contributed by atoms with Crippen LogP contribution < -0.4 is 4.72 Å². The Morgan fingerprint density at radius 2 is 2.10 bits per heavy atom. The average molecular weight is 337 g/mol. The van der Waals surface area contributed by atoms with Crippen LogP contribution in [0.25, 0.3) is 0 Å². The Bertz CT molecular complexity index is 697. The minimum atomic E-state index is -3.78. The third kappa shape index (κ3) is 3.99. The van der Waals surface area contributed by atoms with Gasteiger partial charge in [-0.05, 0) is 19.8 Å². The van der Waals surface area contributed by atoms with Gasteiger partial charge in [0.15, 0.2) is 0 Å². The molecule has 1 atom stereocenters. The highest BCUT2D eigenvalue weighted by Crippen LogP contribution is 2.15. The summed E-state index contributed by atoms with van der Waals surface area (Å²) >= 11 is 0. The molecule has 0 saturated carbocycles. The molecule has 0 amide bonds. The molecule has 2 rings (SSSR count). The molecule has 1 aromatic heterocycles. The van der Waals surface area contributed by atoms with Crippen molar-refractivity contribution < 1.29 is 16.8 Å². The number of hydrogen-bond donors (Lipinski definition) is 1. The van der Waals surface area contributed by atoms with Gasteiger partial charge in [0.05, 0.1) is 19.0 Å². The van der Waals surface area contributed by atoms with Crippen LogP contribution in [0.1, 0.15) is 19.8 Å². The number of nitrogens with zero attached hydrogens (tertiary/aromatic N) is 4. The van der Waals surface area contributed by atoms with Gasteiger partial charge in [-0.15, -0.1) is 5.10 Å². The Morgan fingerprint density at radius 1 is 1.38 bits per heavy atom. The van der Waals surface area contributed by atoms with E-state index in [1.54, 1.807) is 6.92 Å². The average Bonchev–Trinajstić information content (AvgIpc) is 2.87. The van der Waals surface area contributed by atoms with Gasteiger partial charge in [0, 0.05) is 19.1 Å². The van der Waals surface area contributed by atoms with E-state index in [-0.39, 0.29) is 11.6 Å². The van der Waals surface area contributed by atoms with Gasteiger partial charge < -0.3 is 0 Å². The number of hydrogen-bond acceptors (Lipinski definition) is 6. The predicted molar refractivity (Wildman–Crippen MR) is 75.5 cm³/mol. The maximum absolute atomic E-state index is 12.2. The fourth-order valence-electron chi connectivity index (χ4n) is 2.18. The number of aryl methyl sites for hydroxylation is 1. The SMILES string of the molecule is CCn1ncc(S(=O)(=O)NC2CCCN(S(C)(=O)=O)C2)n1. The first-order valence-corrected chi connectivity index (χ1v) is 9.93. The normalized spacial score (nSPS) is 21.5. The fourth-order valence-corrected chi connectivity index (χ4v) is 4.23. The first kappa shape index (κ1) is 16.3. The molecule has 0 spiro atoms. The number of piperidine rings is 1. The third-order valence-electron chi connectivity index (χ3n) is 3.25. The Morgan fingerprint density at radius 3 is 2.67 bits per heavy atom. The minimum absolute atomic E-state index is 0.139. The van der Waals surface area contributed by atoms with Gasteiger partial charge in [0.1, 0.15) is 0 Å². The van der Waals surface area contributed by atoms with Crippen LogP contribution in [0.5, 0.6) is 0 Å². The summed E-state index contributed by atoms with van der Waals surface area (Å²) in [5.74, 6) is 0. The molecule has 1 aromatic rings. The van der Waals surface area contributed by atoms with Crippen molar-refractivity contribution >= 4 is 20.0 Å². The highest BCUT2D eigenvalue weighted by atomic mass is 32.2. The standard InChI is InChI=1S/C10H19N5O4S2/c1-3-15-11-7-10(12-15)21(18,19)13-9-5-4-6-14(8-9)20(2,16)17/h7,9,13H,3-6,8H2,1-2H3. The van der Waals surface area contributed by atoms with E-state index in [2.05, 4.69) is 14.9 Å². The highest BCUT2D eigenvalue weighted by molar-refractivity contribution is 7.89. The topological polar surface area (TPSA) is 114 Å². The summed E-state index contributed by atoms with van der Waals surface area (Å²) in [4.78, 5) is 1.28. The largest absolute Gasteiger partial charge is 0.261 e. The van der Waals surface area contributed by atoms with Gasteiger partial charge in [-0.3, -0.25) is 0 Å². The van der Waals surface area contributed by atoms with Crippen molar-refractivity contribution in [3.8, 4) is 0 Å². The molecule has 1 unspecified atom stereocenters. The van der Waals surface area contributed by atoms with E-state index < -0.39 is 26.1 Å². The summed E-state index contributed by atoms with van der Waals surface area (Å²) < 4.78 is 51.2. The molecule has 1 fully saturated rings. The van der Waals surface area contributed by atoms with Gasteiger partial charge in [0.25, 0.3) is 10.0 Å². The lowest BCUT2D eigenvalue weighted by Gasteiger charge is -2.30. The molecule has 1 saturated heterocycles. The number of sulfonamides is 2. The van der Waals surface area contributed by atoms with E-state index >= 15 is 0 Å². The lowest BCUT2D eigenvalue weighted by Crippen LogP contribution is -2.49. The van der Waals surface area contributed by atoms with Crippen LogP contribution in [0, 0.1) is 0 Å². The predicted octanol–water partition coefficient (Wildman–Crippen LogP) is -1.000. The summed E-state index contributed by atoms with van der Waals surface area (Å²) in [7, 11) is -7.10. The van der Waals surface area contributed by atoms with Crippen LogP contribution in [0.3, 0.4) is 0 Å². The zero-order chi connectivity index (χ0) is 15.7. The van der Waals surface area contributed by atoms with Crippen LogP contribution in [0.4, 0.5) is 0 Å². The van der Waals surface area contributed by atoms with Gasteiger partial charge in [-0.2, -0.15) is 9.90 Å². The Hall–Kier alpha value is -1.04. The third-order valence-corrected chi connectivity index (χ3v) is 5.90. The lowest BCUT2D eigenvalue weighted by molar-refractivity contribution is 0.305. The molecule has 1 N–H and O–H groups in total. The van der Waals surface area contributed by atoms with Crippen molar-refractivity contribution in [2.45, 2.75) is 37.4 Å². The van der Waals surface area contributed by atoms with E-state index in [9.17, 15) is 16.8 Å². The second kappa shape index (κ2) is 5.99. The van der Waals surface area contributed by atoms with Crippen LogP contribution >= 0.6 is 0 Å². The van der Waals surface area contributed by atoms with Crippen LogP contribution in [-0.4, -0.2) is 61.5 Å². The molecule has 21 heavy (non-hydrogen) atoms. The number of nitrogens with one attached hydrogen (secondary N) is 1. The van der Waals surface area contributed by atoms with Gasteiger partial charge in [-0.25, -0.2) is 25.9 Å². The molecule has 11 heteroatoms. The van der Waals surface area contributed by atoms with E-state index in [4.69, 9.17) is 0 Å². The molecule has 0 bridgehead atoms. The zero-order valence-electron chi connectivity index (χ0n) is 11.9. The summed E-state index contributed by atoms with van der Waals surface area (Å²) in [6, 6.07) is -0.453. The summed E-state index contributed by atoms with van der Waals surface area (Å²) in [5.41, 5.74) is 0. The Kier molecular flexibility index (Phi) is 4.66. The van der Waals surface area contributed by atoms with E-state index in [1.807, 2.05) is 0 Å². The second-order valence-corrected chi connectivity index (χ2v) is 8.60. The molecule has 1 aliphatic heterocycles. The number of aromatic nitrogens is 3. The fraction of sp³-hybridized carbons (Fsp3) is 0.800. The van der Waals surface area contributed by atoms with Crippen molar-refractivity contribution in [1.29, 1.82) is 0 Å². The van der Waals surface area contributed by atoms with Crippen molar-refractivity contribution in [1.82, 2.24) is 24.0 Å². The second-order valence-electron chi connectivity index (χ2n) is 4.95. The number of rotatable bonds is 5. The first-order valence-electron chi connectivity index (χ1n) is 6.60. The van der Waals surface area contributed by atoms with Gasteiger partial charge in [0.2, 0.25) is 15.0 Å². The summed E-state index contributed by atoms with van der Waals surface area (Å²) in [5, 5.41) is 7.53. The summed E-state index contributed by atoms with van der Waals surface area (Å²) in [6.45, 7) is 2.83. The van der Waals surface area contributed by atoms with E-state index in [0.717, 1.165) is 6.26 Å².